The summed E-state index contributed by atoms with van der Waals surface area (Å²) < 4.78 is 5.45. The minimum absolute atomic E-state index is 0.115. The first kappa shape index (κ1) is 17.4. The van der Waals surface area contributed by atoms with E-state index in [4.69, 9.17) is 4.74 Å². The summed E-state index contributed by atoms with van der Waals surface area (Å²) >= 11 is 0. The third kappa shape index (κ3) is 6.39. The quantitative estimate of drug-likeness (QED) is 0.654. The van der Waals surface area contributed by atoms with Crippen LogP contribution in [0, 0.1) is 5.92 Å². The standard InChI is InChI=1S/C15H31NO2/c1-8-13(9-2)11-16(10-3)12(4)14(17)18-15(5,6)7/h12-13H,8-11H2,1-7H3. The van der Waals surface area contributed by atoms with Gasteiger partial charge in [0.25, 0.3) is 0 Å². The topological polar surface area (TPSA) is 29.5 Å². The minimum Gasteiger partial charge on any atom is -0.459 e. The zero-order valence-electron chi connectivity index (χ0n) is 13.2. The summed E-state index contributed by atoms with van der Waals surface area (Å²) in [7, 11) is 0. The van der Waals surface area contributed by atoms with Gasteiger partial charge in [-0.2, -0.15) is 0 Å². The van der Waals surface area contributed by atoms with Crippen molar-refractivity contribution in [2.45, 2.75) is 73.0 Å². The molecule has 108 valence electrons. The minimum atomic E-state index is -0.403. The third-order valence-electron chi connectivity index (χ3n) is 3.35. The highest BCUT2D eigenvalue weighted by atomic mass is 16.6. The number of hydrogen-bond donors (Lipinski definition) is 0. The van der Waals surface area contributed by atoms with E-state index in [0.717, 1.165) is 25.9 Å². The van der Waals surface area contributed by atoms with E-state index in [1.165, 1.54) is 0 Å². The van der Waals surface area contributed by atoms with Gasteiger partial charge in [-0.1, -0.05) is 33.6 Å². The van der Waals surface area contributed by atoms with E-state index in [1.807, 2.05) is 27.7 Å². The van der Waals surface area contributed by atoms with Crippen molar-refractivity contribution in [2.24, 2.45) is 5.92 Å². The highest BCUT2D eigenvalue weighted by Gasteiger charge is 2.26. The Bertz CT molecular complexity index is 241. The molecule has 0 aromatic carbocycles. The van der Waals surface area contributed by atoms with Crippen LogP contribution >= 0.6 is 0 Å². The first-order valence-corrected chi connectivity index (χ1v) is 7.22. The van der Waals surface area contributed by atoms with E-state index >= 15 is 0 Å². The van der Waals surface area contributed by atoms with E-state index in [0.29, 0.717) is 5.92 Å². The number of nitrogens with zero attached hydrogens (tertiary/aromatic N) is 1. The van der Waals surface area contributed by atoms with Crippen LogP contribution < -0.4 is 0 Å². The molecule has 0 aliphatic carbocycles. The zero-order valence-corrected chi connectivity index (χ0v) is 13.2. The van der Waals surface area contributed by atoms with Gasteiger partial charge in [0.1, 0.15) is 11.6 Å². The van der Waals surface area contributed by atoms with Gasteiger partial charge >= 0.3 is 5.97 Å². The number of rotatable bonds is 7. The average molecular weight is 257 g/mol. The normalized spacial score (nSPS) is 14.1. The lowest BCUT2D eigenvalue weighted by Gasteiger charge is -2.31. The van der Waals surface area contributed by atoms with Crippen LogP contribution in [0.3, 0.4) is 0 Å². The van der Waals surface area contributed by atoms with Crippen molar-refractivity contribution in [3.63, 3.8) is 0 Å². The second kappa shape index (κ2) is 7.78. The highest BCUT2D eigenvalue weighted by molar-refractivity contribution is 5.75. The molecule has 18 heavy (non-hydrogen) atoms. The average Bonchev–Trinajstić information content (AvgIpc) is 2.28. The van der Waals surface area contributed by atoms with Crippen molar-refractivity contribution in [3.8, 4) is 0 Å². The molecule has 0 heterocycles. The molecule has 3 nitrogen and oxygen atoms in total. The maximum atomic E-state index is 12.1. The van der Waals surface area contributed by atoms with Crippen molar-refractivity contribution >= 4 is 5.97 Å². The van der Waals surface area contributed by atoms with Gasteiger partial charge in [0, 0.05) is 6.54 Å². The van der Waals surface area contributed by atoms with Crippen LogP contribution in [0.2, 0.25) is 0 Å². The molecule has 3 heteroatoms. The highest BCUT2D eigenvalue weighted by Crippen LogP contribution is 2.15. The molecule has 0 spiro atoms. The smallest absolute Gasteiger partial charge is 0.323 e. The van der Waals surface area contributed by atoms with Crippen molar-refractivity contribution in [1.29, 1.82) is 0 Å². The predicted molar refractivity (Wildman–Crippen MR) is 76.6 cm³/mol. The Labute approximate surface area is 113 Å². The fourth-order valence-corrected chi connectivity index (χ4v) is 1.98. The Balaban J connectivity index is 4.50. The van der Waals surface area contributed by atoms with Gasteiger partial charge in [-0.05, 0) is 40.2 Å². The molecule has 1 atom stereocenters. The molecular formula is C15H31NO2. The van der Waals surface area contributed by atoms with Crippen LogP contribution in [-0.4, -0.2) is 35.6 Å². The van der Waals surface area contributed by atoms with Crippen LogP contribution in [0.25, 0.3) is 0 Å². The largest absolute Gasteiger partial charge is 0.459 e. The molecule has 0 aliphatic rings. The Kier molecular flexibility index (Phi) is 7.53. The molecule has 0 saturated carbocycles. The van der Waals surface area contributed by atoms with Crippen molar-refractivity contribution in [3.05, 3.63) is 0 Å². The summed E-state index contributed by atoms with van der Waals surface area (Å²) in [5.41, 5.74) is -0.403. The van der Waals surface area contributed by atoms with Crippen LogP contribution in [0.1, 0.15) is 61.3 Å². The molecule has 0 aliphatic heterocycles. The zero-order chi connectivity index (χ0) is 14.3. The molecule has 0 aromatic heterocycles. The summed E-state index contributed by atoms with van der Waals surface area (Å²) in [6.07, 6.45) is 2.32. The number of esters is 1. The number of hydrogen-bond acceptors (Lipinski definition) is 3. The number of carbonyl (C=O) groups excluding carboxylic acids is 1. The first-order chi connectivity index (χ1) is 8.25. The second-order valence-electron chi connectivity index (χ2n) is 5.98. The molecule has 0 aromatic rings. The maximum Gasteiger partial charge on any atom is 0.323 e. The fourth-order valence-electron chi connectivity index (χ4n) is 1.98. The maximum absolute atomic E-state index is 12.1. The molecule has 0 bridgehead atoms. The molecular weight excluding hydrogens is 226 g/mol. The van der Waals surface area contributed by atoms with Crippen LogP contribution in [0.4, 0.5) is 0 Å². The Morgan fingerprint density at radius 3 is 2.00 bits per heavy atom. The van der Waals surface area contributed by atoms with E-state index in [9.17, 15) is 4.79 Å². The lowest BCUT2D eigenvalue weighted by atomic mass is 10.0. The van der Waals surface area contributed by atoms with E-state index < -0.39 is 5.60 Å². The molecule has 0 amide bonds. The van der Waals surface area contributed by atoms with Gasteiger partial charge in [0.15, 0.2) is 0 Å². The lowest BCUT2D eigenvalue weighted by Crippen LogP contribution is -2.44. The number of carbonyl (C=O) groups is 1. The molecule has 0 saturated heterocycles. The molecule has 0 fully saturated rings. The van der Waals surface area contributed by atoms with E-state index in [2.05, 4.69) is 25.7 Å². The summed E-state index contributed by atoms with van der Waals surface area (Å²) in [6, 6.07) is -0.158. The SMILES string of the molecule is CCC(CC)CN(CC)C(C)C(=O)OC(C)(C)C. The monoisotopic (exact) mass is 257 g/mol. The Morgan fingerprint density at radius 1 is 1.17 bits per heavy atom. The van der Waals surface area contributed by atoms with E-state index in [-0.39, 0.29) is 12.0 Å². The summed E-state index contributed by atoms with van der Waals surface area (Å²) in [4.78, 5) is 14.3. The van der Waals surface area contributed by atoms with Crippen molar-refractivity contribution in [2.75, 3.05) is 13.1 Å². The Hall–Kier alpha value is -0.570. The second-order valence-corrected chi connectivity index (χ2v) is 5.98. The fraction of sp³-hybridized carbons (Fsp3) is 0.933. The van der Waals surface area contributed by atoms with Crippen molar-refractivity contribution in [1.82, 2.24) is 4.90 Å². The van der Waals surface area contributed by atoms with Gasteiger partial charge in [-0.25, -0.2) is 0 Å². The van der Waals surface area contributed by atoms with Gasteiger partial charge < -0.3 is 4.74 Å². The van der Waals surface area contributed by atoms with Gasteiger partial charge in [0.2, 0.25) is 0 Å². The van der Waals surface area contributed by atoms with Crippen LogP contribution in [0.15, 0.2) is 0 Å². The molecule has 0 radical (unpaired) electrons. The number of ether oxygens (including phenoxy) is 1. The van der Waals surface area contributed by atoms with Crippen LogP contribution in [0.5, 0.6) is 0 Å². The Morgan fingerprint density at radius 2 is 1.67 bits per heavy atom. The first-order valence-electron chi connectivity index (χ1n) is 7.22. The lowest BCUT2D eigenvalue weighted by molar-refractivity contribution is -0.161. The van der Waals surface area contributed by atoms with Gasteiger partial charge in [0.05, 0.1) is 0 Å². The van der Waals surface area contributed by atoms with Gasteiger partial charge in [-0.3, -0.25) is 9.69 Å². The molecule has 1 unspecified atom stereocenters. The number of likely N-dealkylation sites (N-methyl/N-ethyl adjacent to an activating group) is 1. The van der Waals surface area contributed by atoms with Gasteiger partial charge in [-0.15, -0.1) is 0 Å². The summed E-state index contributed by atoms with van der Waals surface area (Å²) in [5.74, 6) is 0.546. The molecule has 0 rings (SSSR count). The molecule has 0 N–H and O–H groups in total. The van der Waals surface area contributed by atoms with Crippen LogP contribution in [-0.2, 0) is 9.53 Å². The predicted octanol–water partition coefficient (Wildman–Crippen LogP) is 3.47. The third-order valence-corrected chi connectivity index (χ3v) is 3.35. The van der Waals surface area contributed by atoms with Crippen molar-refractivity contribution < 1.29 is 9.53 Å². The summed E-state index contributed by atoms with van der Waals surface area (Å²) in [5, 5.41) is 0. The summed E-state index contributed by atoms with van der Waals surface area (Å²) in [6.45, 7) is 16.1. The van der Waals surface area contributed by atoms with E-state index in [1.54, 1.807) is 0 Å².